The standard InChI is InChI=1S/C26H38N2O2S/c1-7-8-9-20-12-14-21(15-13-20)25(29)30-24-23(19(3)27-28(24)26(4,5)6)31-22-16-10-18(2)11-17-22/h10-11,16-17,20-21H,7-9,12-15H2,1-6H3. The van der Waals surface area contributed by atoms with Crippen LogP contribution in [-0.2, 0) is 10.3 Å². The molecule has 1 saturated carbocycles. The van der Waals surface area contributed by atoms with Crippen LogP contribution in [0.1, 0.15) is 83.9 Å². The van der Waals surface area contributed by atoms with Crippen molar-refractivity contribution in [2.45, 2.75) is 102 Å². The van der Waals surface area contributed by atoms with Crippen molar-refractivity contribution in [1.29, 1.82) is 0 Å². The van der Waals surface area contributed by atoms with Gasteiger partial charge >= 0.3 is 5.97 Å². The lowest BCUT2D eigenvalue weighted by atomic mass is 9.80. The Kier molecular flexibility index (Phi) is 7.90. The summed E-state index contributed by atoms with van der Waals surface area (Å²) in [5, 5.41) is 4.76. The minimum Gasteiger partial charge on any atom is -0.406 e. The molecular weight excluding hydrogens is 404 g/mol. The van der Waals surface area contributed by atoms with E-state index in [2.05, 4.69) is 58.9 Å². The number of ether oxygens (including phenoxy) is 1. The number of esters is 1. The van der Waals surface area contributed by atoms with Crippen molar-refractivity contribution in [1.82, 2.24) is 9.78 Å². The SMILES string of the molecule is CCCCC1CCC(C(=O)Oc2c(Sc3ccc(C)cc3)c(C)nn2C(C)(C)C)CC1. The van der Waals surface area contributed by atoms with Crippen molar-refractivity contribution >= 4 is 17.7 Å². The van der Waals surface area contributed by atoms with Gasteiger partial charge in [0.15, 0.2) is 0 Å². The van der Waals surface area contributed by atoms with Crippen LogP contribution in [-0.4, -0.2) is 15.7 Å². The minimum absolute atomic E-state index is 0.00118. The van der Waals surface area contributed by atoms with Gasteiger partial charge in [0.25, 0.3) is 0 Å². The quantitative estimate of drug-likeness (QED) is 0.422. The maximum Gasteiger partial charge on any atom is 0.315 e. The molecule has 2 aromatic rings. The van der Waals surface area contributed by atoms with Gasteiger partial charge in [-0.1, -0.05) is 55.6 Å². The van der Waals surface area contributed by atoms with E-state index in [0.29, 0.717) is 5.88 Å². The molecule has 170 valence electrons. The highest BCUT2D eigenvalue weighted by molar-refractivity contribution is 7.99. The van der Waals surface area contributed by atoms with Crippen LogP contribution in [0.25, 0.3) is 0 Å². The molecule has 31 heavy (non-hydrogen) atoms. The van der Waals surface area contributed by atoms with Crippen molar-refractivity contribution in [2.75, 3.05) is 0 Å². The molecule has 1 aliphatic rings. The second kappa shape index (κ2) is 10.2. The van der Waals surface area contributed by atoms with Gasteiger partial charge in [0.1, 0.15) is 0 Å². The average molecular weight is 443 g/mol. The van der Waals surface area contributed by atoms with E-state index in [0.717, 1.165) is 47.1 Å². The fraction of sp³-hybridized carbons (Fsp3) is 0.615. The first kappa shape index (κ1) is 23.9. The van der Waals surface area contributed by atoms with E-state index in [1.54, 1.807) is 11.8 Å². The van der Waals surface area contributed by atoms with Gasteiger partial charge in [0, 0.05) is 4.90 Å². The van der Waals surface area contributed by atoms with Crippen LogP contribution >= 0.6 is 11.8 Å². The third-order valence-corrected chi connectivity index (χ3v) is 7.37. The highest BCUT2D eigenvalue weighted by Crippen LogP contribution is 2.41. The van der Waals surface area contributed by atoms with Crippen molar-refractivity contribution in [2.24, 2.45) is 11.8 Å². The number of unbranched alkanes of at least 4 members (excludes halogenated alkanes) is 1. The summed E-state index contributed by atoms with van der Waals surface area (Å²) in [4.78, 5) is 15.2. The summed E-state index contributed by atoms with van der Waals surface area (Å²) in [7, 11) is 0. The lowest BCUT2D eigenvalue weighted by Gasteiger charge is -2.28. The fourth-order valence-corrected chi connectivity index (χ4v) is 5.15. The van der Waals surface area contributed by atoms with Crippen LogP contribution in [0.5, 0.6) is 5.88 Å². The second-order valence-electron chi connectivity index (χ2n) is 10.00. The fourth-order valence-electron chi connectivity index (χ4n) is 4.24. The lowest BCUT2D eigenvalue weighted by Crippen LogP contribution is -2.29. The smallest absolute Gasteiger partial charge is 0.315 e. The normalized spacial score (nSPS) is 19.4. The van der Waals surface area contributed by atoms with Gasteiger partial charge in [0.05, 0.1) is 22.0 Å². The molecule has 5 heteroatoms. The van der Waals surface area contributed by atoms with E-state index >= 15 is 0 Å². The lowest BCUT2D eigenvalue weighted by molar-refractivity contribution is -0.141. The zero-order valence-electron chi connectivity index (χ0n) is 20.0. The molecule has 0 amide bonds. The molecule has 1 aromatic carbocycles. The molecule has 0 atom stereocenters. The number of hydrogen-bond acceptors (Lipinski definition) is 4. The van der Waals surface area contributed by atoms with Crippen LogP contribution in [0.4, 0.5) is 0 Å². The largest absolute Gasteiger partial charge is 0.406 e. The third kappa shape index (κ3) is 6.15. The predicted molar refractivity (Wildman–Crippen MR) is 128 cm³/mol. The van der Waals surface area contributed by atoms with Gasteiger partial charge in [-0.15, -0.1) is 0 Å². The molecule has 1 fully saturated rings. The van der Waals surface area contributed by atoms with Crippen LogP contribution in [0.15, 0.2) is 34.1 Å². The molecule has 1 aliphatic carbocycles. The highest BCUT2D eigenvalue weighted by Gasteiger charge is 2.32. The molecular formula is C26H38N2O2S. The number of carbonyl (C=O) groups is 1. The predicted octanol–water partition coefficient (Wildman–Crippen LogP) is 7.31. The van der Waals surface area contributed by atoms with E-state index in [9.17, 15) is 4.79 Å². The third-order valence-electron chi connectivity index (χ3n) is 6.18. The number of carbonyl (C=O) groups excluding carboxylic acids is 1. The van der Waals surface area contributed by atoms with Gasteiger partial charge in [-0.2, -0.15) is 5.10 Å². The van der Waals surface area contributed by atoms with Crippen LogP contribution in [0, 0.1) is 25.7 Å². The molecule has 0 radical (unpaired) electrons. The molecule has 1 heterocycles. The first-order valence-corrected chi connectivity index (χ1v) is 12.6. The molecule has 0 saturated heterocycles. The zero-order chi connectivity index (χ0) is 22.6. The first-order chi connectivity index (χ1) is 14.7. The minimum atomic E-state index is -0.274. The number of aromatic nitrogens is 2. The van der Waals surface area contributed by atoms with Gasteiger partial charge in [0.2, 0.25) is 5.88 Å². The maximum atomic E-state index is 13.2. The monoisotopic (exact) mass is 442 g/mol. The number of nitrogens with zero attached hydrogens (tertiary/aromatic N) is 2. The maximum absolute atomic E-state index is 13.2. The molecule has 0 spiro atoms. The molecule has 0 unspecified atom stereocenters. The van der Waals surface area contributed by atoms with Crippen molar-refractivity contribution in [3.63, 3.8) is 0 Å². The molecule has 0 N–H and O–H groups in total. The van der Waals surface area contributed by atoms with Gasteiger partial charge in [-0.3, -0.25) is 4.79 Å². The van der Waals surface area contributed by atoms with E-state index in [1.165, 1.54) is 24.8 Å². The van der Waals surface area contributed by atoms with Crippen LogP contribution in [0.2, 0.25) is 0 Å². The summed E-state index contributed by atoms with van der Waals surface area (Å²) in [6.07, 6.45) is 8.01. The Morgan fingerprint density at radius 1 is 1.13 bits per heavy atom. The number of rotatable bonds is 7. The summed E-state index contributed by atoms with van der Waals surface area (Å²) in [5.41, 5.74) is 1.85. The van der Waals surface area contributed by atoms with Gasteiger partial charge < -0.3 is 4.74 Å². The molecule has 1 aromatic heterocycles. The second-order valence-corrected chi connectivity index (χ2v) is 11.1. The first-order valence-electron chi connectivity index (χ1n) is 11.7. The van der Waals surface area contributed by atoms with E-state index in [4.69, 9.17) is 9.84 Å². The van der Waals surface area contributed by atoms with E-state index in [-0.39, 0.29) is 17.4 Å². The Bertz CT molecular complexity index is 872. The van der Waals surface area contributed by atoms with Crippen LogP contribution < -0.4 is 4.74 Å². The van der Waals surface area contributed by atoms with E-state index < -0.39 is 0 Å². The Labute approximate surface area is 192 Å². The summed E-state index contributed by atoms with van der Waals surface area (Å²) >= 11 is 1.62. The molecule has 0 bridgehead atoms. The number of aryl methyl sites for hydroxylation is 2. The van der Waals surface area contributed by atoms with Crippen LogP contribution in [0.3, 0.4) is 0 Å². The van der Waals surface area contributed by atoms with Gasteiger partial charge in [-0.05, 0) is 78.4 Å². The molecule has 3 rings (SSSR count). The Morgan fingerprint density at radius 3 is 2.35 bits per heavy atom. The van der Waals surface area contributed by atoms with Crippen molar-refractivity contribution in [3.8, 4) is 5.88 Å². The highest BCUT2D eigenvalue weighted by atomic mass is 32.2. The Morgan fingerprint density at radius 2 is 1.77 bits per heavy atom. The van der Waals surface area contributed by atoms with Crippen molar-refractivity contribution < 1.29 is 9.53 Å². The van der Waals surface area contributed by atoms with Crippen molar-refractivity contribution in [3.05, 3.63) is 35.5 Å². The summed E-state index contributed by atoms with van der Waals surface area (Å²) in [6.45, 7) is 12.6. The summed E-state index contributed by atoms with van der Waals surface area (Å²) in [5.74, 6) is 1.27. The van der Waals surface area contributed by atoms with Gasteiger partial charge in [-0.25, -0.2) is 4.68 Å². The topological polar surface area (TPSA) is 44.1 Å². The zero-order valence-corrected chi connectivity index (χ0v) is 20.8. The summed E-state index contributed by atoms with van der Waals surface area (Å²) < 4.78 is 8.00. The average Bonchev–Trinajstić information content (AvgIpc) is 3.04. The Balaban J connectivity index is 1.78. The van der Waals surface area contributed by atoms with E-state index in [1.807, 2.05) is 11.6 Å². The summed E-state index contributed by atoms with van der Waals surface area (Å²) in [6, 6.07) is 8.43. The number of hydrogen-bond donors (Lipinski definition) is 0. The molecule has 0 aliphatic heterocycles. The number of benzene rings is 1. The Hall–Kier alpha value is -1.75. The molecule has 4 nitrogen and oxygen atoms in total.